The zero-order chi connectivity index (χ0) is 9.40. The first-order valence-electron chi connectivity index (χ1n) is 3.85. The van der Waals surface area contributed by atoms with E-state index in [1.807, 2.05) is 0 Å². The van der Waals surface area contributed by atoms with Crippen LogP contribution in [-0.2, 0) is 4.79 Å². The third-order valence-electron chi connectivity index (χ3n) is 1.33. The molecule has 4 heteroatoms. The molecule has 0 saturated carbocycles. The lowest BCUT2D eigenvalue weighted by atomic mass is 10.2. The predicted molar refractivity (Wildman–Crippen MR) is 43.1 cm³/mol. The zero-order valence-corrected chi connectivity index (χ0v) is 6.85. The molecule has 0 aliphatic rings. The molecule has 0 aromatic rings. The number of unbranched alkanes of at least 4 members (excludes halogenated alkanes) is 1. The summed E-state index contributed by atoms with van der Waals surface area (Å²) in [5.41, 5.74) is 0. The average Bonchev–Trinajstić information content (AvgIpc) is 2.03. The number of hydrogen-bond acceptors (Lipinski definition) is 1. The highest BCUT2D eigenvalue weighted by atomic mass is 19.3. The lowest BCUT2D eigenvalue weighted by molar-refractivity contribution is -0.116. The van der Waals surface area contributed by atoms with Gasteiger partial charge in [-0.05, 0) is 18.9 Å². The van der Waals surface area contributed by atoms with Crippen molar-refractivity contribution in [1.29, 1.82) is 0 Å². The van der Waals surface area contributed by atoms with Crippen LogP contribution in [0.3, 0.4) is 0 Å². The number of alkyl halides is 2. The Bertz CT molecular complexity index is 148. The Morgan fingerprint density at radius 1 is 1.50 bits per heavy atom. The van der Waals surface area contributed by atoms with Gasteiger partial charge in [0, 0.05) is 13.0 Å². The van der Waals surface area contributed by atoms with Gasteiger partial charge in [0.1, 0.15) is 0 Å². The molecule has 1 amide bonds. The number of halogens is 2. The maximum absolute atomic E-state index is 11.6. The molecule has 0 rings (SSSR count). The summed E-state index contributed by atoms with van der Waals surface area (Å²) in [4.78, 5) is 10.5. The van der Waals surface area contributed by atoms with Gasteiger partial charge in [0.15, 0.2) is 0 Å². The fourth-order valence-electron chi connectivity index (χ4n) is 0.707. The summed E-state index contributed by atoms with van der Waals surface area (Å²) in [6, 6.07) is 0. The summed E-state index contributed by atoms with van der Waals surface area (Å²) in [7, 11) is 0. The monoisotopic (exact) mass is 177 g/mol. The Morgan fingerprint density at radius 2 is 2.17 bits per heavy atom. The summed E-state index contributed by atoms with van der Waals surface area (Å²) in [5, 5.41) is 2.50. The molecule has 0 spiro atoms. The first kappa shape index (κ1) is 11.1. The van der Waals surface area contributed by atoms with Gasteiger partial charge in [-0.15, -0.1) is 0 Å². The van der Waals surface area contributed by atoms with Gasteiger partial charge in [-0.3, -0.25) is 4.79 Å². The Labute approximate surface area is 70.6 Å². The zero-order valence-electron chi connectivity index (χ0n) is 6.85. The number of carbonyl (C=O) groups excluding carboxylic acids is 1. The van der Waals surface area contributed by atoms with Crippen molar-refractivity contribution in [3.63, 3.8) is 0 Å². The molecule has 0 aliphatic carbocycles. The largest absolute Gasteiger partial charge is 0.353 e. The molecule has 70 valence electrons. The van der Waals surface area contributed by atoms with Crippen LogP contribution in [0.1, 0.15) is 19.3 Å². The van der Waals surface area contributed by atoms with Crippen molar-refractivity contribution in [2.24, 2.45) is 0 Å². The topological polar surface area (TPSA) is 29.1 Å². The summed E-state index contributed by atoms with van der Waals surface area (Å²) in [6.45, 7) is 3.70. The van der Waals surface area contributed by atoms with Crippen LogP contribution in [0.2, 0.25) is 0 Å². The van der Waals surface area contributed by atoms with Crippen molar-refractivity contribution in [3.05, 3.63) is 12.7 Å². The van der Waals surface area contributed by atoms with E-state index in [0.717, 1.165) is 6.08 Å². The smallest absolute Gasteiger partial charge is 0.243 e. The molecule has 0 unspecified atom stereocenters. The van der Waals surface area contributed by atoms with Gasteiger partial charge in [0.05, 0.1) is 0 Å². The van der Waals surface area contributed by atoms with Crippen LogP contribution >= 0.6 is 0 Å². The van der Waals surface area contributed by atoms with Crippen molar-refractivity contribution >= 4 is 5.91 Å². The number of nitrogens with one attached hydrogen (secondary N) is 1. The molecule has 0 saturated heterocycles. The van der Waals surface area contributed by atoms with Gasteiger partial charge < -0.3 is 5.32 Å². The molecule has 0 heterocycles. The SMILES string of the molecule is C=CC(=O)NCCCCC(F)F. The van der Waals surface area contributed by atoms with Crippen LogP contribution in [0.15, 0.2) is 12.7 Å². The van der Waals surface area contributed by atoms with Gasteiger partial charge in [-0.2, -0.15) is 0 Å². The highest BCUT2D eigenvalue weighted by Crippen LogP contribution is 2.04. The Hall–Kier alpha value is -0.930. The lowest BCUT2D eigenvalue weighted by Gasteiger charge is -2.01. The first-order valence-corrected chi connectivity index (χ1v) is 3.85. The Balaban J connectivity index is 3.11. The molecule has 0 fully saturated rings. The molecular formula is C8H13F2NO. The van der Waals surface area contributed by atoms with E-state index >= 15 is 0 Å². The minimum atomic E-state index is -2.24. The van der Waals surface area contributed by atoms with Crippen molar-refractivity contribution in [2.45, 2.75) is 25.7 Å². The molecule has 0 aliphatic heterocycles. The number of hydrogen-bond donors (Lipinski definition) is 1. The van der Waals surface area contributed by atoms with Gasteiger partial charge >= 0.3 is 0 Å². The third-order valence-corrected chi connectivity index (χ3v) is 1.33. The van der Waals surface area contributed by atoms with Crippen LogP contribution in [-0.4, -0.2) is 18.9 Å². The molecule has 2 nitrogen and oxygen atoms in total. The van der Waals surface area contributed by atoms with Crippen molar-refractivity contribution in [2.75, 3.05) is 6.54 Å². The third kappa shape index (κ3) is 7.18. The van der Waals surface area contributed by atoms with E-state index in [1.165, 1.54) is 0 Å². The van der Waals surface area contributed by atoms with Gasteiger partial charge in [0.2, 0.25) is 12.3 Å². The molecule has 0 aromatic heterocycles. The van der Waals surface area contributed by atoms with E-state index in [2.05, 4.69) is 11.9 Å². The second-order valence-electron chi connectivity index (χ2n) is 2.38. The highest BCUT2D eigenvalue weighted by Gasteiger charge is 2.00. The second-order valence-corrected chi connectivity index (χ2v) is 2.38. The highest BCUT2D eigenvalue weighted by molar-refractivity contribution is 5.86. The summed E-state index contributed by atoms with van der Waals surface area (Å²) < 4.78 is 23.2. The minimum absolute atomic E-state index is 0.0933. The fourth-order valence-corrected chi connectivity index (χ4v) is 0.707. The second kappa shape index (κ2) is 6.76. The summed E-state index contributed by atoms with van der Waals surface area (Å²) in [5.74, 6) is -0.257. The molecule has 0 atom stereocenters. The Kier molecular flexibility index (Phi) is 6.24. The molecule has 0 bridgehead atoms. The summed E-state index contributed by atoms with van der Waals surface area (Å²) in [6.07, 6.45) is -0.143. The molecule has 12 heavy (non-hydrogen) atoms. The lowest BCUT2D eigenvalue weighted by Crippen LogP contribution is -2.21. The maximum atomic E-state index is 11.6. The Morgan fingerprint density at radius 3 is 2.67 bits per heavy atom. The van der Waals surface area contributed by atoms with E-state index in [4.69, 9.17) is 0 Å². The molecule has 0 aromatic carbocycles. The van der Waals surface area contributed by atoms with Gasteiger partial charge in [-0.1, -0.05) is 6.58 Å². The van der Waals surface area contributed by atoms with E-state index in [9.17, 15) is 13.6 Å². The number of amides is 1. The maximum Gasteiger partial charge on any atom is 0.243 e. The van der Waals surface area contributed by atoms with Crippen LogP contribution in [0.25, 0.3) is 0 Å². The van der Waals surface area contributed by atoms with E-state index in [-0.39, 0.29) is 12.3 Å². The molecular weight excluding hydrogens is 164 g/mol. The van der Waals surface area contributed by atoms with E-state index in [0.29, 0.717) is 19.4 Å². The quantitative estimate of drug-likeness (QED) is 0.485. The summed E-state index contributed by atoms with van der Waals surface area (Å²) >= 11 is 0. The van der Waals surface area contributed by atoms with Crippen LogP contribution < -0.4 is 5.32 Å². The standard InChI is InChI=1S/C8H13F2NO/c1-2-8(12)11-6-4-3-5-7(9)10/h2,7H,1,3-6H2,(H,11,12). The fraction of sp³-hybridized carbons (Fsp3) is 0.625. The molecule has 1 N–H and O–H groups in total. The minimum Gasteiger partial charge on any atom is -0.353 e. The first-order chi connectivity index (χ1) is 5.66. The number of rotatable bonds is 6. The van der Waals surface area contributed by atoms with E-state index < -0.39 is 6.43 Å². The normalized spacial score (nSPS) is 9.92. The van der Waals surface area contributed by atoms with Crippen LogP contribution in [0.5, 0.6) is 0 Å². The molecule has 0 radical (unpaired) electrons. The van der Waals surface area contributed by atoms with E-state index in [1.54, 1.807) is 0 Å². The van der Waals surface area contributed by atoms with Crippen molar-refractivity contribution in [3.8, 4) is 0 Å². The predicted octanol–water partition coefficient (Wildman–Crippen LogP) is 1.72. The number of carbonyl (C=O) groups is 1. The van der Waals surface area contributed by atoms with Gasteiger partial charge in [-0.25, -0.2) is 8.78 Å². The van der Waals surface area contributed by atoms with Crippen molar-refractivity contribution in [1.82, 2.24) is 5.32 Å². The average molecular weight is 177 g/mol. The van der Waals surface area contributed by atoms with Crippen LogP contribution in [0.4, 0.5) is 8.78 Å². The van der Waals surface area contributed by atoms with Gasteiger partial charge in [0.25, 0.3) is 0 Å². The van der Waals surface area contributed by atoms with Crippen LogP contribution in [0, 0.1) is 0 Å². The van der Waals surface area contributed by atoms with Crippen molar-refractivity contribution < 1.29 is 13.6 Å².